The number of halogens is 2. The van der Waals surface area contributed by atoms with Gasteiger partial charge in [0.2, 0.25) is 0 Å². The fourth-order valence-corrected chi connectivity index (χ4v) is 1.80. The van der Waals surface area contributed by atoms with Gasteiger partial charge in [0.15, 0.2) is 5.78 Å². The molecule has 4 heteroatoms. The lowest BCUT2D eigenvalue weighted by Crippen LogP contribution is -2.11. The highest BCUT2D eigenvalue weighted by molar-refractivity contribution is 9.10. The first kappa shape index (κ1) is 12.2. The Balaban J connectivity index is 3.01. The van der Waals surface area contributed by atoms with E-state index in [0.29, 0.717) is 15.1 Å². The monoisotopic (exact) mass is 285 g/mol. The number of benzene rings is 1. The van der Waals surface area contributed by atoms with Crippen LogP contribution >= 0.6 is 27.5 Å². The third-order valence-electron chi connectivity index (χ3n) is 2.04. The summed E-state index contributed by atoms with van der Waals surface area (Å²) in [6, 6.07) is 7.03. The number of nitrogens with zero attached hydrogens (tertiary/aromatic N) is 1. The van der Waals surface area contributed by atoms with E-state index < -0.39 is 0 Å². The number of Topliss-reactive ketones (excluding diaryl/α,β-unsaturated/α-hetero) is 1. The summed E-state index contributed by atoms with van der Waals surface area (Å²) in [5.41, 5.74) is 0.533. The number of carbonyl (C=O) groups excluding carboxylic acids is 1. The number of hydrogen-bond acceptors (Lipinski definition) is 2. The van der Waals surface area contributed by atoms with Crippen LogP contribution in [0.5, 0.6) is 0 Å². The second-order valence-corrected chi connectivity index (χ2v) is 4.54. The molecule has 0 amide bonds. The molecular formula is C11H9BrClNO. The van der Waals surface area contributed by atoms with Crippen LogP contribution in [-0.4, -0.2) is 5.78 Å². The molecule has 0 heterocycles. The average molecular weight is 287 g/mol. The van der Waals surface area contributed by atoms with Crippen LogP contribution in [0.3, 0.4) is 0 Å². The maximum Gasteiger partial charge on any atom is 0.167 e. The van der Waals surface area contributed by atoms with Gasteiger partial charge >= 0.3 is 0 Å². The van der Waals surface area contributed by atoms with E-state index >= 15 is 0 Å². The summed E-state index contributed by atoms with van der Waals surface area (Å²) in [5, 5.41) is 9.04. The molecule has 78 valence electrons. The predicted octanol–water partition coefficient (Wildman–Crippen LogP) is 3.83. The van der Waals surface area contributed by atoms with E-state index in [1.54, 1.807) is 25.1 Å². The zero-order valence-corrected chi connectivity index (χ0v) is 10.5. The van der Waals surface area contributed by atoms with Crippen molar-refractivity contribution in [2.45, 2.75) is 13.3 Å². The van der Waals surface area contributed by atoms with Crippen molar-refractivity contribution >= 4 is 33.3 Å². The molecule has 0 aliphatic heterocycles. The largest absolute Gasteiger partial charge is 0.294 e. The minimum atomic E-state index is -0.301. The van der Waals surface area contributed by atoms with Crippen LogP contribution in [0.25, 0.3) is 0 Å². The summed E-state index contributed by atoms with van der Waals surface area (Å²) in [6.45, 7) is 1.74. The maximum absolute atomic E-state index is 11.9. The Bertz CT molecular complexity index is 425. The van der Waals surface area contributed by atoms with Gasteiger partial charge in [-0.1, -0.05) is 34.5 Å². The van der Waals surface area contributed by atoms with Gasteiger partial charge in [-0.15, -0.1) is 0 Å². The van der Waals surface area contributed by atoms with Crippen LogP contribution in [0, 0.1) is 17.2 Å². The lowest BCUT2D eigenvalue weighted by atomic mass is 9.97. The molecule has 0 aromatic heterocycles. The van der Waals surface area contributed by atoms with E-state index in [4.69, 9.17) is 16.9 Å². The molecule has 1 rings (SSSR count). The van der Waals surface area contributed by atoms with E-state index in [1.807, 2.05) is 6.07 Å². The molecule has 0 saturated carbocycles. The summed E-state index contributed by atoms with van der Waals surface area (Å²) in [5.74, 6) is -0.365. The van der Waals surface area contributed by atoms with Crippen molar-refractivity contribution in [2.24, 2.45) is 5.92 Å². The molecule has 0 fully saturated rings. The molecular weight excluding hydrogens is 277 g/mol. The van der Waals surface area contributed by atoms with Gasteiger partial charge in [-0.2, -0.15) is 5.26 Å². The highest BCUT2D eigenvalue weighted by atomic mass is 79.9. The van der Waals surface area contributed by atoms with Crippen molar-refractivity contribution in [1.29, 1.82) is 5.26 Å². The second-order valence-electron chi connectivity index (χ2n) is 3.25. The Morgan fingerprint density at radius 1 is 1.67 bits per heavy atom. The Morgan fingerprint density at radius 2 is 2.33 bits per heavy atom. The molecule has 2 nitrogen and oxygen atoms in total. The first-order chi connectivity index (χ1) is 7.06. The molecule has 0 aliphatic rings. The maximum atomic E-state index is 11.9. The third-order valence-corrected chi connectivity index (χ3v) is 2.97. The summed E-state index contributed by atoms with van der Waals surface area (Å²) in [7, 11) is 0. The summed E-state index contributed by atoms with van der Waals surface area (Å²) < 4.78 is 0.710. The molecule has 0 spiro atoms. The van der Waals surface area contributed by atoms with Crippen molar-refractivity contribution in [3.05, 3.63) is 33.3 Å². The van der Waals surface area contributed by atoms with Crippen molar-refractivity contribution in [2.75, 3.05) is 0 Å². The zero-order chi connectivity index (χ0) is 11.4. The molecule has 1 unspecified atom stereocenters. The van der Waals surface area contributed by atoms with Gasteiger partial charge in [0.25, 0.3) is 0 Å². The topological polar surface area (TPSA) is 40.9 Å². The van der Waals surface area contributed by atoms with Gasteiger partial charge in [-0.25, -0.2) is 0 Å². The van der Waals surface area contributed by atoms with Gasteiger partial charge < -0.3 is 0 Å². The Hall–Kier alpha value is -0.850. The van der Waals surface area contributed by atoms with Crippen LogP contribution in [-0.2, 0) is 0 Å². The summed E-state index contributed by atoms with van der Waals surface area (Å²) >= 11 is 9.09. The molecule has 1 aromatic rings. The highest BCUT2D eigenvalue weighted by Gasteiger charge is 2.17. The first-order valence-corrected chi connectivity index (χ1v) is 5.59. The summed E-state index contributed by atoms with van der Waals surface area (Å²) in [6.07, 6.45) is 0.220. The van der Waals surface area contributed by atoms with E-state index in [2.05, 4.69) is 15.9 Å². The standard InChI is InChI=1S/C11H9BrClNO/c1-7(4-5-14)11(15)9-6-8(13)2-3-10(9)12/h2-3,6-7H,4H2,1H3. The number of hydrogen-bond donors (Lipinski definition) is 0. The quantitative estimate of drug-likeness (QED) is 0.792. The predicted molar refractivity (Wildman–Crippen MR) is 62.9 cm³/mol. The number of nitriles is 1. The number of ketones is 1. The average Bonchev–Trinajstić information content (AvgIpc) is 2.21. The summed E-state index contributed by atoms with van der Waals surface area (Å²) in [4.78, 5) is 11.9. The Labute approximate surface area is 102 Å². The Morgan fingerprint density at radius 3 is 2.93 bits per heavy atom. The minimum Gasteiger partial charge on any atom is -0.294 e. The molecule has 0 radical (unpaired) electrons. The van der Waals surface area contributed by atoms with Gasteiger partial charge in [0, 0.05) is 27.4 Å². The second kappa shape index (κ2) is 5.29. The number of rotatable bonds is 3. The lowest BCUT2D eigenvalue weighted by molar-refractivity contribution is 0.0931. The van der Waals surface area contributed by atoms with Crippen molar-refractivity contribution < 1.29 is 4.79 Å². The molecule has 0 bridgehead atoms. The zero-order valence-electron chi connectivity index (χ0n) is 8.13. The van der Waals surface area contributed by atoms with Crippen molar-refractivity contribution in [3.63, 3.8) is 0 Å². The SMILES string of the molecule is CC(CC#N)C(=O)c1cc(Cl)ccc1Br. The van der Waals surface area contributed by atoms with Crippen molar-refractivity contribution in [3.8, 4) is 6.07 Å². The fraction of sp³-hybridized carbons (Fsp3) is 0.273. The number of carbonyl (C=O) groups is 1. The lowest BCUT2D eigenvalue weighted by Gasteiger charge is -2.08. The van der Waals surface area contributed by atoms with Crippen LogP contribution in [0.2, 0.25) is 5.02 Å². The normalized spacial score (nSPS) is 11.9. The van der Waals surface area contributed by atoms with Crippen molar-refractivity contribution in [1.82, 2.24) is 0 Å². The smallest absolute Gasteiger partial charge is 0.167 e. The third kappa shape index (κ3) is 3.05. The molecule has 1 aromatic carbocycles. The minimum absolute atomic E-state index is 0.0640. The van der Waals surface area contributed by atoms with E-state index in [0.717, 1.165) is 0 Å². The molecule has 0 N–H and O–H groups in total. The van der Waals surface area contributed by atoms with Crippen LogP contribution in [0.4, 0.5) is 0 Å². The fourth-order valence-electron chi connectivity index (χ4n) is 1.18. The van der Waals surface area contributed by atoms with Gasteiger partial charge in [0.1, 0.15) is 0 Å². The van der Waals surface area contributed by atoms with Gasteiger partial charge in [0.05, 0.1) is 6.07 Å². The molecule has 0 aliphatic carbocycles. The highest BCUT2D eigenvalue weighted by Crippen LogP contribution is 2.24. The van der Waals surface area contributed by atoms with Crippen LogP contribution < -0.4 is 0 Å². The molecule has 0 saturated heterocycles. The Kier molecular flexibility index (Phi) is 4.31. The van der Waals surface area contributed by atoms with E-state index in [-0.39, 0.29) is 18.1 Å². The molecule has 1 atom stereocenters. The van der Waals surface area contributed by atoms with Gasteiger partial charge in [-0.3, -0.25) is 4.79 Å². The van der Waals surface area contributed by atoms with Gasteiger partial charge in [-0.05, 0) is 18.2 Å². The van der Waals surface area contributed by atoms with E-state index in [9.17, 15) is 4.79 Å². The first-order valence-electron chi connectivity index (χ1n) is 4.42. The van der Waals surface area contributed by atoms with E-state index in [1.165, 1.54) is 0 Å². The van der Waals surface area contributed by atoms with Crippen LogP contribution in [0.15, 0.2) is 22.7 Å². The molecule has 15 heavy (non-hydrogen) atoms. The van der Waals surface area contributed by atoms with Crippen LogP contribution in [0.1, 0.15) is 23.7 Å².